The van der Waals surface area contributed by atoms with Gasteiger partial charge in [-0.3, -0.25) is 0 Å². The fourth-order valence-corrected chi connectivity index (χ4v) is 2.68. The predicted octanol–water partition coefficient (Wildman–Crippen LogP) is 6.63. The van der Waals surface area contributed by atoms with Gasteiger partial charge in [0.25, 0.3) is 0 Å². The Kier molecular flexibility index (Phi) is 8.81. The first-order valence-corrected chi connectivity index (χ1v) is 9.56. The Morgan fingerprint density at radius 3 is 1.37 bits per heavy atom. The molecule has 0 unspecified atom stereocenters. The van der Waals surface area contributed by atoms with Crippen LogP contribution in [0.3, 0.4) is 0 Å². The van der Waals surface area contributed by atoms with E-state index in [0.29, 0.717) is 0 Å². The average Bonchev–Trinajstić information content (AvgIpc) is 2.74. The minimum absolute atomic E-state index is 0.176. The van der Waals surface area contributed by atoms with Gasteiger partial charge in [-0.2, -0.15) is 74.6 Å². The molecule has 0 aliphatic rings. The van der Waals surface area contributed by atoms with Crippen molar-refractivity contribution in [3.63, 3.8) is 0 Å². The van der Waals surface area contributed by atoms with Crippen LogP contribution in [0.5, 0.6) is 11.5 Å². The van der Waals surface area contributed by atoms with Crippen molar-refractivity contribution in [1.82, 2.24) is 5.32 Å². The molecule has 0 spiro atoms. The minimum Gasteiger partial charge on any atom is -0.504 e. The van der Waals surface area contributed by atoms with Crippen molar-refractivity contribution >= 4 is 0 Å². The Labute approximate surface area is 200 Å². The Morgan fingerprint density at radius 1 is 0.526 bits per heavy atom. The second-order valence-electron chi connectivity index (χ2n) is 7.72. The summed E-state index contributed by atoms with van der Waals surface area (Å²) in [6.45, 7) is -1.94. The third-order valence-corrected chi connectivity index (χ3v) is 5.03. The first-order chi connectivity index (χ1) is 16.6. The Morgan fingerprint density at radius 2 is 0.947 bits per heavy atom. The molecule has 3 N–H and O–H groups in total. The quantitative estimate of drug-likeness (QED) is 0.144. The zero-order chi connectivity index (χ0) is 30.4. The maximum absolute atomic E-state index is 13.8. The average molecular weight is 599 g/mol. The standard InChI is InChI=1S/C18H14F17NO2/c19-11(20,4-6-36-5-3-8-1-2-9(37)10(38)7-8)12(21,22)13(23,24)14(25,26)15(27,28)16(29,30)17(31,32)18(33,34)35/h1-2,7,36-38H,3-6H2. The number of benzene rings is 1. The van der Waals surface area contributed by atoms with E-state index in [1.807, 2.05) is 5.32 Å². The lowest BCUT2D eigenvalue weighted by molar-refractivity contribution is -0.461. The fraction of sp³-hybridized carbons (Fsp3) is 0.667. The highest BCUT2D eigenvalue weighted by atomic mass is 19.4. The van der Waals surface area contributed by atoms with Crippen molar-refractivity contribution in [3.8, 4) is 11.5 Å². The Balaban J connectivity index is 3.13. The molecule has 0 amide bonds. The molecule has 0 radical (unpaired) electrons. The molecule has 38 heavy (non-hydrogen) atoms. The van der Waals surface area contributed by atoms with E-state index in [-0.39, 0.29) is 12.0 Å². The molecule has 1 aromatic rings. The SMILES string of the molecule is Oc1ccc(CCNCCC(F)(F)C(F)(F)C(F)(F)C(F)(F)C(F)(F)C(F)(F)C(F)(F)C(F)(F)F)cc1O. The number of nitrogens with one attached hydrogen (secondary N) is 1. The number of halogens is 17. The summed E-state index contributed by atoms with van der Waals surface area (Å²) in [5.74, 6) is -57.6. The van der Waals surface area contributed by atoms with Crippen LogP contribution < -0.4 is 5.32 Å². The van der Waals surface area contributed by atoms with Crippen LogP contribution in [0.25, 0.3) is 0 Å². The van der Waals surface area contributed by atoms with E-state index in [2.05, 4.69) is 0 Å². The van der Waals surface area contributed by atoms with Crippen molar-refractivity contribution < 1.29 is 84.9 Å². The topological polar surface area (TPSA) is 52.5 Å². The van der Waals surface area contributed by atoms with E-state index in [4.69, 9.17) is 5.11 Å². The largest absolute Gasteiger partial charge is 0.504 e. The lowest BCUT2D eigenvalue weighted by Crippen LogP contribution is -2.74. The van der Waals surface area contributed by atoms with Crippen LogP contribution in [0.4, 0.5) is 74.6 Å². The molecule has 0 bridgehead atoms. The van der Waals surface area contributed by atoms with Gasteiger partial charge in [-0.25, -0.2) is 0 Å². The molecule has 0 saturated carbocycles. The zero-order valence-corrected chi connectivity index (χ0v) is 17.9. The number of aromatic hydroxyl groups is 2. The summed E-state index contributed by atoms with van der Waals surface area (Å²) >= 11 is 0. The summed E-state index contributed by atoms with van der Waals surface area (Å²) < 4.78 is 224. The maximum atomic E-state index is 13.8. The van der Waals surface area contributed by atoms with Gasteiger partial charge in [0.2, 0.25) is 0 Å². The van der Waals surface area contributed by atoms with Crippen LogP contribution in [-0.4, -0.2) is 70.9 Å². The van der Waals surface area contributed by atoms with Crippen molar-refractivity contribution in [2.45, 2.75) is 60.5 Å². The number of phenolic OH excluding ortho intramolecular Hbond substituents is 2. The molecule has 0 aliphatic heterocycles. The highest BCUT2D eigenvalue weighted by Crippen LogP contribution is 2.64. The van der Waals surface area contributed by atoms with Gasteiger partial charge in [0, 0.05) is 13.0 Å². The zero-order valence-electron chi connectivity index (χ0n) is 17.9. The van der Waals surface area contributed by atoms with E-state index >= 15 is 0 Å². The van der Waals surface area contributed by atoms with Gasteiger partial charge in [0.1, 0.15) is 0 Å². The number of hydrogen-bond donors (Lipinski definition) is 3. The molecule has 222 valence electrons. The third kappa shape index (κ3) is 5.23. The molecule has 0 saturated heterocycles. The van der Waals surface area contributed by atoms with Crippen LogP contribution in [0.1, 0.15) is 12.0 Å². The van der Waals surface area contributed by atoms with E-state index in [0.717, 1.165) is 12.1 Å². The van der Waals surface area contributed by atoms with Crippen molar-refractivity contribution in [3.05, 3.63) is 23.8 Å². The summed E-state index contributed by atoms with van der Waals surface area (Å²) in [4.78, 5) is 0. The van der Waals surface area contributed by atoms with Crippen molar-refractivity contribution in [1.29, 1.82) is 0 Å². The highest BCUT2D eigenvalue weighted by molar-refractivity contribution is 5.40. The summed E-state index contributed by atoms with van der Waals surface area (Å²) in [5, 5.41) is 20.2. The van der Waals surface area contributed by atoms with Gasteiger partial charge in [0.15, 0.2) is 11.5 Å². The highest BCUT2D eigenvalue weighted by Gasteiger charge is 2.95. The molecular formula is C18H14F17NO2. The second kappa shape index (κ2) is 9.96. The molecule has 0 aromatic heterocycles. The van der Waals surface area contributed by atoms with Gasteiger partial charge < -0.3 is 15.5 Å². The van der Waals surface area contributed by atoms with Crippen LogP contribution >= 0.6 is 0 Å². The van der Waals surface area contributed by atoms with E-state index in [1.165, 1.54) is 6.07 Å². The van der Waals surface area contributed by atoms with Crippen molar-refractivity contribution in [2.75, 3.05) is 13.1 Å². The molecule has 20 heteroatoms. The first kappa shape index (κ1) is 33.6. The monoisotopic (exact) mass is 599 g/mol. The summed E-state index contributed by atoms with van der Waals surface area (Å²) in [5.41, 5.74) is 0.176. The summed E-state index contributed by atoms with van der Waals surface area (Å²) in [6, 6.07) is 3.08. The van der Waals surface area contributed by atoms with Gasteiger partial charge in [-0.1, -0.05) is 6.07 Å². The molecule has 0 heterocycles. The number of hydrogen-bond acceptors (Lipinski definition) is 3. The minimum atomic E-state index is -8.64. The van der Waals surface area contributed by atoms with Crippen LogP contribution in [-0.2, 0) is 6.42 Å². The van der Waals surface area contributed by atoms with Crippen molar-refractivity contribution in [2.24, 2.45) is 0 Å². The molecule has 0 aliphatic carbocycles. The van der Waals surface area contributed by atoms with Gasteiger partial charge in [0.05, 0.1) is 0 Å². The normalized spacial score (nSPS) is 15.2. The lowest BCUT2D eigenvalue weighted by atomic mass is 9.88. The smallest absolute Gasteiger partial charge is 0.460 e. The number of alkyl halides is 17. The Hall–Kier alpha value is -2.41. The van der Waals surface area contributed by atoms with Gasteiger partial charge >= 0.3 is 47.6 Å². The summed E-state index contributed by atoms with van der Waals surface area (Å²) in [7, 11) is 0. The van der Waals surface area contributed by atoms with Gasteiger partial charge in [-0.05, 0) is 30.7 Å². The molecule has 3 nitrogen and oxygen atoms in total. The van der Waals surface area contributed by atoms with E-state index in [1.54, 1.807) is 0 Å². The second-order valence-corrected chi connectivity index (χ2v) is 7.72. The summed E-state index contributed by atoms with van der Waals surface area (Å²) in [6.07, 6.45) is -10.6. The number of rotatable bonds is 12. The van der Waals surface area contributed by atoms with Crippen LogP contribution in [0, 0.1) is 0 Å². The van der Waals surface area contributed by atoms with Crippen LogP contribution in [0.2, 0.25) is 0 Å². The molecule has 1 rings (SSSR count). The Bertz CT molecular complexity index is 974. The van der Waals surface area contributed by atoms with E-state index in [9.17, 15) is 79.7 Å². The van der Waals surface area contributed by atoms with Gasteiger partial charge in [-0.15, -0.1) is 0 Å². The molecule has 0 fully saturated rings. The molecule has 0 atom stereocenters. The molecule has 1 aromatic carbocycles. The first-order valence-electron chi connectivity index (χ1n) is 9.56. The maximum Gasteiger partial charge on any atom is 0.460 e. The fourth-order valence-electron chi connectivity index (χ4n) is 2.68. The number of phenols is 2. The third-order valence-electron chi connectivity index (χ3n) is 5.03. The van der Waals surface area contributed by atoms with Crippen LogP contribution in [0.15, 0.2) is 18.2 Å². The molecular weight excluding hydrogens is 585 g/mol. The van der Waals surface area contributed by atoms with E-state index < -0.39 is 78.6 Å². The predicted molar refractivity (Wildman–Crippen MR) is 91.6 cm³/mol. The lowest BCUT2D eigenvalue weighted by Gasteiger charge is -2.42.